The average molecular weight is 513 g/mol. The molecule has 0 saturated carbocycles. The summed E-state index contributed by atoms with van der Waals surface area (Å²) in [4.78, 5) is 27.9. The summed E-state index contributed by atoms with van der Waals surface area (Å²) in [5, 5.41) is 2.41. The molecule has 1 unspecified atom stereocenters. The number of nitrogens with one attached hydrogen (secondary N) is 1. The van der Waals surface area contributed by atoms with E-state index in [1.54, 1.807) is 42.9 Å². The zero-order valence-corrected chi connectivity index (χ0v) is 19.9. The Morgan fingerprint density at radius 1 is 1.27 bits per heavy atom. The fourth-order valence-electron chi connectivity index (χ4n) is 4.43. The number of hydrogen-bond donors (Lipinski definition) is 2. The number of halogens is 3. The summed E-state index contributed by atoms with van der Waals surface area (Å²) in [5.74, 6) is 6.53. The fraction of sp³-hybridized carbons (Fsp3) is 0.280. The number of nitrogens with zero attached hydrogens (tertiary/aromatic N) is 5. The summed E-state index contributed by atoms with van der Waals surface area (Å²) < 4.78 is 44.7. The van der Waals surface area contributed by atoms with Crippen LogP contribution in [0.25, 0.3) is 0 Å². The number of aliphatic imine (C=N–C) groups is 2. The van der Waals surface area contributed by atoms with Gasteiger partial charge in [-0.05, 0) is 42.9 Å². The van der Waals surface area contributed by atoms with Crippen LogP contribution in [0.15, 0.2) is 76.4 Å². The summed E-state index contributed by atoms with van der Waals surface area (Å²) in [7, 11) is 0. The van der Waals surface area contributed by atoms with Crippen LogP contribution in [-0.4, -0.2) is 64.8 Å². The van der Waals surface area contributed by atoms with Gasteiger partial charge in [-0.25, -0.2) is 4.98 Å². The van der Waals surface area contributed by atoms with Crippen molar-refractivity contribution in [3.63, 3.8) is 0 Å². The monoisotopic (exact) mass is 512 g/mol. The molecule has 1 aromatic heterocycles. The maximum atomic E-state index is 13.0. The summed E-state index contributed by atoms with van der Waals surface area (Å²) in [6.07, 6.45) is 1.21. The molecule has 0 bridgehead atoms. The molecule has 0 aliphatic carbocycles. The van der Waals surface area contributed by atoms with Crippen molar-refractivity contribution >= 4 is 23.8 Å². The number of benzene rings is 1. The van der Waals surface area contributed by atoms with Crippen molar-refractivity contribution in [2.45, 2.75) is 19.2 Å². The maximum absolute atomic E-state index is 13.0. The van der Waals surface area contributed by atoms with Gasteiger partial charge in [-0.3, -0.25) is 14.7 Å². The van der Waals surface area contributed by atoms with Crippen molar-refractivity contribution in [1.82, 2.24) is 9.88 Å². The highest BCUT2D eigenvalue weighted by Gasteiger charge is 2.46. The lowest BCUT2D eigenvalue weighted by atomic mass is 10.1. The lowest BCUT2D eigenvalue weighted by Crippen LogP contribution is -2.53. The minimum Gasteiger partial charge on any atom is -0.369 e. The lowest BCUT2D eigenvalue weighted by molar-refractivity contribution is -0.750. The third-order valence-electron chi connectivity index (χ3n) is 6.46. The number of amides is 1. The number of rotatable bonds is 5. The molecular weight excluding hydrogens is 487 g/mol. The number of likely N-dealkylation sites (N-methyl/N-ethyl adjacent to an activating group) is 1. The molecule has 2 aromatic rings. The number of allylic oxidation sites excluding steroid dienone is 1. The van der Waals surface area contributed by atoms with Gasteiger partial charge >= 0.3 is 6.18 Å². The molecule has 12 heteroatoms. The van der Waals surface area contributed by atoms with Crippen molar-refractivity contribution < 1.29 is 27.3 Å². The van der Waals surface area contributed by atoms with Crippen LogP contribution in [0.3, 0.4) is 0 Å². The van der Waals surface area contributed by atoms with Crippen LogP contribution in [0.4, 0.5) is 19.0 Å². The largest absolute Gasteiger partial charge is 0.416 e. The summed E-state index contributed by atoms with van der Waals surface area (Å²) in [5.41, 5.74) is 1.43. The standard InChI is InChI=1S/C25H24F3N7O2/c1-2-34-10-12-37-20(15-34)22-19-14-30-9-11-35(19,29)23(33-22)16-3-5-17(6-4-16)24(36)32-21-13-18(7-8-31-21)25(26,27)28/h3-9,11,13-14,20H,2,10,12,15,29H2,1H3/p+1/t20-,35?/m0/s1. The molecule has 0 radical (unpaired) electrons. The van der Waals surface area contributed by atoms with Crippen LogP contribution >= 0.6 is 0 Å². The van der Waals surface area contributed by atoms with Crippen LogP contribution < -0.4 is 11.2 Å². The predicted octanol–water partition coefficient (Wildman–Crippen LogP) is 3.29. The topological polar surface area (TPSA) is 105 Å². The molecule has 5 rings (SSSR count). The van der Waals surface area contributed by atoms with E-state index in [9.17, 15) is 18.0 Å². The number of ether oxygens (including phenoxy) is 1. The maximum Gasteiger partial charge on any atom is 0.416 e. The fourth-order valence-corrected chi connectivity index (χ4v) is 4.43. The molecule has 4 heterocycles. The molecule has 1 amide bonds. The number of anilines is 1. The zero-order chi connectivity index (χ0) is 26.2. The second-order valence-electron chi connectivity index (χ2n) is 8.77. The Kier molecular flexibility index (Phi) is 6.50. The van der Waals surface area contributed by atoms with Crippen molar-refractivity contribution in [3.8, 4) is 0 Å². The Balaban J connectivity index is 1.38. The van der Waals surface area contributed by atoms with E-state index >= 15 is 0 Å². The van der Waals surface area contributed by atoms with E-state index in [-0.39, 0.29) is 22.1 Å². The number of carbonyl (C=O) groups is 1. The Bertz CT molecular complexity index is 1330. The highest BCUT2D eigenvalue weighted by Crippen LogP contribution is 2.34. The first-order valence-electron chi connectivity index (χ1n) is 11.7. The number of morpholine rings is 1. The number of amidine groups is 1. The average Bonchev–Trinajstić information content (AvgIpc) is 3.21. The number of alkyl halides is 3. The quantitative estimate of drug-likeness (QED) is 0.473. The second kappa shape index (κ2) is 9.63. The van der Waals surface area contributed by atoms with E-state index in [0.717, 1.165) is 31.4 Å². The zero-order valence-electron chi connectivity index (χ0n) is 19.9. The van der Waals surface area contributed by atoms with Gasteiger partial charge in [-0.2, -0.15) is 24.0 Å². The number of nitrogens with two attached hydrogens (primary N) is 1. The Morgan fingerprint density at radius 3 is 2.78 bits per heavy atom. The van der Waals surface area contributed by atoms with Gasteiger partial charge in [0.25, 0.3) is 11.7 Å². The number of pyridine rings is 1. The van der Waals surface area contributed by atoms with Gasteiger partial charge in [-0.1, -0.05) is 6.92 Å². The SMILES string of the molecule is CCN1CCO[C@H](C2=C3C=NC=C[N+]3(N)C(c3ccc(C(=O)Nc4cc(C(F)(F)F)ccn4)cc3)=N2)C1. The molecule has 192 valence electrons. The molecule has 3 aliphatic rings. The highest BCUT2D eigenvalue weighted by atomic mass is 19.4. The van der Waals surface area contributed by atoms with Gasteiger partial charge in [0.2, 0.25) is 5.70 Å². The predicted molar refractivity (Wildman–Crippen MR) is 131 cm³/mol. The smallest absolute Gasteiger partial charge is 0.369 e. The molecule has 1 aromatic carbocycles. The normalized spacial score (nSPS) is 23.7. The Morgan fingerprint density at radius 2 is 2.05 bits per heavy atom. The van der Waals surface area contributed by atoms with Crippen molar-refractivity contribution in [2.75, 3.05) is 31.6 Å². The van der Waals surface area contributed by atoms with E-state index in [0.29, 0.717) is 35.9 Å². The van der Waals surface area contributed by atoms with E-state index < -0.39 is 17.6 Å². The molecule has 0 spiro atoms. The van der Waals surface area contributed by atoms with Crippen LogP contribution in [0.1, 0.15) is 28.4 Å². The summed E-state index contributed by atoms with van der Waals surface area (Å²) in [6, 6.07) is 8.13. The first-order valence-corrected chi connectivity index (χ1v) is 11.7. The Hall–Kier alpha value is -3.71. The lowest BCUT2D eigenvalue weighted by Gasteiger charge is -2.32. The third-order valence-corrected chi connectivity index (χ3v) is 6.46. The number of carbonyl (C=O) groups excluding carboxylic acids is 1. The van der Waals surface area contributed by atoms with Crippen LogP contribution in [0.5, 0.6) is 0 Å². The molecule has 3 aliphatic heterocycles. The van der Waals surface area contributed by atoms with Crippen molar-refractivity contribution in [2.24, 2.45) is 15.8 Å². The first kappa shape index (κ1) is 25.0. The van der Waals surface area contributed by atoms with E-state index in [1.165, 1.54) is 0 Å². The number of hydrogen-bond acceptors (Lipinski definition) is 7. The van der Waals surface area contributed by atoms with Gasteiger partial charge in [0.05, 0.1) is 30.1 Å². The van der Waals surface area contributed by atoms with Crippen molar-refractivity contribution in [1.29, 1.82) is 0 Å². The number of aromatic nitrogens is 1. The van der Waals surface area contributed by atoms with Crippen LogP contribution in [0.2, 0.25) is 0 Å². The minimum absolute atomic E-state index is 0.190. The van der Waals surface area contributed by atoms with Gasteiger partial charge in [0.1, 0.15) is 23.8 Å². The van der Waals surface area contributed by atoms with Crippen molar-refractivity contribution in [3.05, 3.63) is 83.1 Å². The minimum atomic E-state index is -4.54. The summed E-state index contributed by atoms with van der Waals surface area (Å²) >= 11 is 0. The molecule has 2 atom stereocenters. The van der Waals surface area contributed by atoms with E-state index in [1.807, 2.05) is 0 Å². The molecule has 1 fully saturated rings. The van der Waals surface area contributed by atoms with Crippen LogP contribution in [-0.2, 0) is 10.9 Å². The van der Waals surface area contributed by atoms with E-state index in [4.69, 9.17) is 15.6 Å². The third kappa shape index (κ3) is 4.83. The van der Waals surface area contributed by atoms with Gasteiger partial charge in [0.15, 0.2) is 0 Å². The number of quaternary nitrogens is 1. The van der Waals surface area contributed by atoms with Gasteiger partial charge in [-0.15, -0.1) is 4.59 Å². The van der Waals surface area contributed by atoms with Gasteiger partial charge < -0.3 is 10.1 Å². The highest BCUT2D eigenvalue weighted by molar-refractivity contribution is 6.05. The molecular formula is C25H25F3N7O2+. The summed E-state index contributed by atoms with van der Waals surface area (Å²) in [6.45, 7) is 5.12. The first-order chi connectivity index (χ1) is 17.7. The van der Waals surface area contributed by atoms with Gasteiger partial charge in [0, 0.05) is 24.8 Å². The molecule has 37 heavy (non-hydrogen) atoms. The van der Waals surface area contributed by atoms with E-state index in [2.05, 4.69) is 27.1 Å². The molecule has 9 nitrogen and oxygen atoms in total. The molecule has 1 saturated heterocycles. The molecule has 3 N–H and O–H groups in total. The van der Waals surface area contributed by atoms with Crippen LogP contribution in [0, 0.1) is 0 Å². The Labute approximate surface area is 211 Å². The number of fused-ring (bicyclic) bond motifs is 1. The second-order valence-corrected chi connectivity index (χ2v) is 8.77.